The molecule has 0 radical (unpaired) electrons. The molecular formula is C22H19ClN4O3. The lowest BCUT2D eigenvalue weighted by Crippen LogP contribution is -2.32. The third kappa shape index (κ3) is 3.48. The Morgan fingerprint density at radius 3 is 2.47 bits per heavy atom. The van der Waals surface area contributed by atoms with Gasteiger partial charge in [0.25, 0.3) is 11.3 Å². The summed E-state index contributed by atoms with van der Waals surface area (Å²) in [5.41, 5.74) is 3.36. The molecule has 30 heavy (non-hydrogen) atoms. The number of hydrogen-bond donors (Lipinski definition) is 1. The van der Waals surface area contributed by atoms with Gasteiger partial charge in [0.1, 0.15) is 23.4 Å². The van der Waals surface area contributed by atoms with Gasteiger partial charge in [0.05, 0.1) is 0 Å². The standard InChI is InChI=1S/C22H19ClN4O3/c1-12-5-4-6-13(2)18(12)25-20(28)14(3)27-11-24-21-17(22(27)29)19(26-30-21)15-7-9-16(23)10-8-15/h4-11,14H,1-3H3,(H,25,28). The number of anilines is 1. The topological polar surface area (TPSA) is 90.0 Å². The lowest BCUT2D eigenvalue weighted by Gasteiger charge is -2.17. The molecule has 7 nitrogen and oxygen atoms in total. The quantitative estimate of drug-likeness (QED) is 0.522. The summed E-state index contributed by atoms with van der Waals surface area (Å²) < 4.78 is 6.51. The average molecular weight is 423 g/mol. The molecule has 0 spiro atoms. The van der Waals surface area contributed by atoms with Gasteiger partial charge in [0, 0.05) is 16.3 Å². The highest BCUT2D eigenvalue weighted by molar-refractivity contribution is 6.30. The molecule has 0 saturated heterocycles. The Labute approximate surface area is 177 Å². The number of carbonyl (C=O) groups excluding carboxylic acids is 1. The van der Waals surface area contributed by atoms with Crippen molar-refractivity contribution in [1.82, 2.24) is 14.7 Å². The van der Waals surface area contributed by atoms with Crippen molar-refractivity contribution in [1.29, 1.82) is 0 Å². The van der Waals surface area contributed by atoms with E-state index in [9.17, 15) is 9.59 Å². The molecule has 2 aromatic carbocycles. The summed E-state index contributed by atoms with van der Waals surface area (Å²) in [6, 6.07) is 11.9. The third-order valence-corrected chi connectivity index (χ3v) is 5.32. The predicted molar refractivity (Wildman–Crippen MR) is 116 cm³/mol. The highest BCUT2D eigenvalue weighted by Gasteiger charge is 2.23. The monoisotopic (exact) mass is 422 g/mol. The lowest BCUT2D eigenvalue weighted by molar-refractivity contribution is -0.118. The number of benzene rings is 2. The van der Waals surface area contributed by atoms with Crippen LogP contribution in [0.2, 0.25) is 5.02 Å². The minimum atomic E-state index is -0.790. The number of hydrogen-bond acceptors (Lipinski definition) is 5. The van der Waals surface area contributed by atoms with Crippen molar-refractivity contribution in [3.05, 3.63) is 75.3 Å². The van der Waals surface area contributed by atoms with E-state index in [1.807, 2.05) is 32.0 Å². The molecule has 1 N–H and O–H groups in total. The maximum absolute atomic E-state index is 13.2. The first-order valence-electron chi connectivity index (χ1n) is 9.36. The fraction of sp³-hybridized carbons (Fsp3) is 0.182. The van der Waals surface area contributed by atoms with Crippen LogP contribution in [0.1, 0.15) is 24.1 Å². The number of carbonyl (C=O) groups is 1. The molecule has 4 rings (SSSR count). The van der Waals surface area contributed by atoms with Gasteiger partial charge >= 0.3 is 0 Å². The summed E-state index contributed by atoms with van der Waals surface area (Å²) in [6.07, 6.45) is 1.30. The molecule has 1 atom stereocenters. The number of fused-ring (bicyclic) bond motifs is 1. The van der Waals surface area contributed by atoms with Crippen molar-refractivity contribution in [3.63, 3.8) is 0 Å². The second-order valence-corrected chi connectivity index (χ2v) is 7.54. The van der Waals surface area contributed by atoms with E-state index in [0.29, 0.717) is 16.3 Å². The second-order valence-electron chi connectivity index (χ2n) is 7.11. The van der Waals surface area contributed by atoms with Gasteiger partial charge in [0.15, 0.2) is 0 Å². The maximum Gasteiger partial charge on any atom is 0.267 e. The number of rotatable bonds is 4. The van der Waals surface area contributed by atoms with Crippen LogP contribution < -0.4 is 10.9 Å². The molecule has 0 saturated carbocycles. The van der Waals surface area contributed by atoms with Crippen molar-refractivity contribution in [3.8, 4) is 11.3 Å². The molecule has 0 bridgehead atoms. The number of aromatic nitrogens is 3. The van der Waals surface area contributed by atoms with Crippen LogP contribution in [0.4, 0.5) is 5.69 Å². The summed E-state index contributed by atoms with van der Waals surface area (Å²) in [7, 11) is 0. The van der Waals surface area contributed by atoms with E-state index >= 15 is 0 Å². The first-order valence-corrected chi connectivity index (χ1v) is 9.74. The van der Waals surface area contributed by atoms with Crippen LogP contribution in [0.25, 0.3) is 22.4 Å². The number of aryl methyl sites for hydroxylation is 2. The van der Waals surface area contributed by atoms with Crippen molar-refractivity contribution < 1.29 is 9.32 Å². The molecule has 1 unspecified atom stereocenters. The normalized spacial score (nSPS) is 12.1. The number of halogens is 1. The molecule has 2 heterocycles. The fourth-order valence-electron chi connectivity index (χ4n) is 3.30. The Morgan fingerprint density at radius 2 is 1.80 bits per heavy atom. The summed E-state index contributed by atoms with van der Waals surface area (Å²) in [4.78, 5) is 30.3. The first kappa shape index (κ1) is 19.8. The fourth-order valence-corrected chi connectivity index (χ4v) is 3.43. The van der Waals surface area contributed by atoms with Crippen LogP contribution in [0.3, 0.4) is 0 Å². The van der Waals surface area contributed by atoms with Crippen LogP contribution in [0, 0.1) is 13.8 Å². The summed E-state index contributed by atoms with van der Waals surface area (Å²) in [6.45, 7) is 5.48. The number of amides is 1. The Kier molecular flexibility index (Phi) is 5.13. The molecule has 0 aliphatic rings. The van der Waals surface area contributed by atoms with Gasteiger partial charge in [-0.05, 0) is 44.0 Å². The van der Waals surface area contributed by atoms with Crippen LogP contribution >= 0.6 is 11.6 Å². The number of nitrogens with one attached hydrogen (secondary N) is 1. The molecule has 2 aromatic heterocycles. The second kappa shape index (κ2) is 7.76. The summed E-state index contributed by atoms with van der Waals surface area (Å²) >= 11 is 5.95. The van der Waals surface area contributed by atoms with Crippen molar-refractivity contribution in [2.45, 2.75) is 26.8 Å². The molecule has 1 amide bonds. The van der Waals surface area contributed by atoms with Crippen LogP contribution in [0.15, 0.2) is 58.1 Å². The number of nitrogens with zero attached hydrogens (tertiary/aromatic N) is 3. The van der Waals surface area contributed by atoms with Gasteiger partial charge in [-0.15, -0.1) is 0 Å². The number of para-hydroxylation sites is 1. The third-order valence-electron chi connectivity index (χ3n) is 5.07. The van der Waals surface area contributed by atoms with E-state index in [1.54, 1.807) is 31.2 Å². The SMILES string of the molecule is Cc1cccc(C)c1NC(=O)C(C)n1cnc2onc(-c3ccc(Cl)cc3)c2c1=O. The largest absolute Gasteiger partial charge is 0.335 e. The summed E-state index contributed by atoms with van der Waals surface area (Å²) in [5.74, 6) is -0.319. The van der Waals surface area contributed by atoms with E-state index in [1.165, 1.54) is 10.9 Å². The van der Waals surface area contributed by atoms with Gasteiger partial charge in [0.2, 0.25) is 5.91 Å². The van der Waals surface area contributed by atoms with E-state index in [4.69, 9.17) is 16.1 Å². The molecular weight excluding hydrogens is 404 g/mol. The van der Waals surface area contributed by atoms with Crippen molar-refractivity contribution in [2.75, 3.05) is 5.32 Å². The lowest BCUT2D eigenvalue weighted by atomic mass is 10.1. The zero-order valence-electron chi connectivity index (χ0n) is 16.6. The van der Waals surface area contributed by atoms with E-state index in [2.05, 4.69) is 15.5 Å². The van der Waals surface area contributed by atoms with E-state index < -0.39 is 11.6 Å². The van der Waals surface area contributed by atoms with E-state index in [0.717, 1.165) is 16.8 Å². The average Bonchev–Trinajstić information content (AvgIpc) is 3.16. The van der Waals surface area contributed by atoms with Crippen LogP contribution in [0.5, 0.6) is 0 Å². The van der Waals surface area contributed by atoms with Gasteiger partial charge < -0.3 is 9.84 Å². The predicted octanol–water partition coefficient (Wildman–Crippen LogP) is 4.52. The highest BCUT2D eigenvalue weighted by atomic mass is 35.5. The molecule has 0 fully saturated rings. The zero-order chi connectivity index (χ0) is 21.4. The molecule has 0 aliphatic carbocycles. The van der Waals surface area contributed by atoms with Crippen molar-refractivity contribution >= 4 is 34.3 Å². The Hall–Kier alpha value is -3.45. The Morgan fingerprint density at radius 1 is 1.13 bits per heavy atom. The van der Waals surface area contributed by atoms with Gasteiger partial charge in [-0.2, -0.15) is 0 Å². The van der Waals surface area contributed by atoms with Crippen LogP contribution in [-0.4, -0.2) is 20.6 Å². The minimum Gasteiger partial charge on any atom is -0.335 e. The minimum absolute atomic E-state index is 0.114. The highest BCUT2D eigenvalue weighted by Crippen LogP contribution is 2.26. The first-order chi connectivity index (χ1) is 14.4. The maximum atomic E-state index is 13.2. The zero-order valence-corrected chi connectivity index (χ0v) is 17.4. The van der Waals surface area contributed by atoms with E-state index in [-0.39, 0.29) is 17.0 Å². The smallest absolute Gasteiger partial charge is 0.267 e. The van der Waals surface area contributed by atoms with Crippen molar-refractivity contribution in [2.24, 2.45) is 0 Å². The van der Waals surface area contributed by atoms with Gasteiger partial charge in [-0.25, -0.2) is 4.98 Å². The molecule has 4 aromatic rings. The molecule has 8 heteroatoms. The molecule has 152 valence electrons. The van der Waals surface area contributed by atoms with Gasteiger partial charge in [-0.1, -0.05) is 47.1 Å². The Balaban J connectivity index is 1.73. The Bertz CT molecular complexity index is 1290. The van der Waals surface area contributed by atoms with Gasteiger partial charge in [-0.3, -0.25) is 14.2 Å². The van der Waals surface area contributed by atoms with Crippen LogP contribution in [-0.2, 0) is 4.79 Å². The summed E-state index contributed by atoms with van der Waals surface area (Å²) in [5, 5.41) is 7.70. The molecule has 0 aliphatic heterocycles.